The van der Waals surface area contributed by atoms with Gasteiger partial charge >= 0.3 is 0 Å². The maximum atomic E-state index is 5.37. The molecule has 2 nitrogen and oxygen atoms in total. The molecule has 0 spiro atoms. The maximum absolute atomic E-state index is 5.37. The molecule has 9 rings (SSSR count). The first-order valence-corrected chi connectivity index (χ1v) is 14.6. The zero-order chi connectivity index (χ0) is 27.6. The van der Waals surface area contributed by atoms with E-state index in [4.69, 9.17) is 9.97 Å². The van der Waals surface area contributed by atoms with E-state index >= 15 is 0 Å². The predicted octanol–water partition coefficient (Wildman–Crippen LogP) is 9.92. The van der Waals surface area contributed by atoms with E-state index in [9.17, 15) is 0 Å². The third-order valence-electron chi connectivity index (χ3n) is 8.84. The lowest BCUT2D eigenvalue weighted by Crippen LogP contribution is -2.02. The van der Waals surface area contributed by atoms with Gasteiger partial charge in [-0.15, -0.1) is 0 Å². The van der Waals surface area contributed by atoms with Crippen LogP contribution in [0.1, 0.15) is 22.5 Å². The molecule has 0 aliphatic carbocycles. The number of hydrogen-bond donors (Lipinski definition) is 0. The SMILES string of the molecule is c1ccc2c3cc(cc2c1)-c1cc2ccccc2c(n1)Cc1nc(cc2ccccc12)-c1cc(c2ccccc2c1)C3. The van der Waals surface area contributed by atoms with Gasteiger partial charge in [0.15, 0.2) is 0 Å². The van der Waals surface area contributed by atoms with Crippen molar-refractivity contribution in [2.24, 2.45) is 0 Å². The van der Waals surface area contributed by atoms with Crippen LogP contribution < -0.4 is 0 Å². The second kappa shape index (κ2) is 9.09. The molecule has 0 unspecified atom stereocenters. The molecule has 8 aromatic rings. The van der Waals surface area contributed by atoms with Crippen LogP contribution in [0.5, 0.6) is 0 Å². The van der Waals surface area contributed by atoms with Crippen LogP contribution in [0, 0.1) is 0 Å². The van der Waals surface area contributed by atoms with Crippen LogP contribution in [0.15, 0.2) is 133 Å². The van der Waals surface area contributed by atoms with Crippen molar-refractivity contribution in [3.8, 4) is 22.5 Å². The molecule has 0 radical (unpaired) electrons. The molecular formula is C40H26N2. The van der Waals surface area contributed by atoms with Crippen LogP contribution in [0.4, 0.5) is 0 Å². The highest BCUT2D eigenvalue weighted by Crippen LogP contribution is 2.36. The summed E-state index contributed by atoms with van der Waals surface area (Å²) in [7, 11) is 0. The Morgan fingerprint density at radius 1 is 0.357 bits per heavy atom. The molecule has 0 atom stereocenters. The summed E-state index contributed by atoms with van der Waals surface area (Å²) in [6.45, 7) is 0. The summed E-state index contributed by atoms with van der Waals surface area (Å²) in [4.78, 5) is 10.7. The lowest BCUT2D eigenvalue weighted by molar-refractivity contribution is 1.05. The summed E-state index contributed by atoms with van der Waals surface area (Å²) in [6, 6.07) is 48.6. The Morgan fingerprint density at radius 2 is 0.738 bits per heavy atom. The van der Waals surface area contributed by atoms with Gasteiger partial charge in [-0.3, -0.25) is 9.97 Å². The number of pyridine rings is 2. The minimum absolute atomic E-state index is 0.656. The number of nitrogens with zero attached hydrogens (tertiary/aromatic N) is 2. The molecular weight excluding hydrogens is 508 g/mol. The van der Waals surface area contributed by atoms with Gasteiger partial charge in [0.05, 0.1) is 22.8 Å². The van der Waals surface area contributed by atoms with Crippen LogP contribution >= 0.6 is 0 Å². The van der Waals surface area contributed by atoms with Crippen molar-refractivity contribution in [2.45, 2.75) is 12.8 Å². The standard InChI is InChI=1S/C40H26N2/c1-5-13-33-25(9-1)17-31-20-29(33)19-30-21-32(18-26-10-2-6-14-34(26)30)38-23-28-12-4-8-16-36(28)40(42-38)24-39-35-15-7-3-11-27(35)22-37(31)41-39/h1-18,20-23H,19,24H2. The largest absolute Gasteiger partial charge is 0.252 e. The average Bonchev–Trinajstić information content (AvgIpc) is 3.04. The Bertz CT molecular complexity index is 2030. The summed E-state index contributed by atoms with van der Waals surface area (Å²) in [5.74, 6) is 0. The topological polar surface area (TPSA) is 25.8 Å². The number of benzene rings is 6. The van der Waals surface area contributed by atoms with E-state index in [1.807, 2.05) is 0 Å². The molecule has 0 fully saturated rings. The van der Waals surface area contributed by atoms with Gasteiger partial charge in [0.25, 0.3) is 0 Å². The summed E-state index contributed by atoms with van der Waals surface area (Å²) in [6.07, 6.45) is 1.48. The van der Waals surface area contributed by atoms with Gasteiger partial charge in [0.2, 0.25) is 0 Å². The fourth-order valence-electron chi connectivity index (χ4n) is 6.84. The monoisotopic (exact) mass is 534 g/mol. The second-order valence-electron chi connectivity index (χ2n) is 11.4. The van der Waals surface area contributed by atoms with Crippen molar-refractivity contribution in [1.29, 1.82) is 0 Å². The third kappa shape index (κ3) is 3.73. The number of hydrogen-bond acceptors (Lipinski definition) is 2. The van der Waals surface area contributed by atoms with Gasteiger partial charge in [0, 0.05) is 28.3 Å². The summed E-state index contributed by atoms with van der Waals surface area (Å²) < 4.78 is 0. The Morgan fingerprint density at radius 3 is 1.19 bits per heavy atom. The highest BCUT2D eigenvalue weighted by atomic mass is 14.8. The number of fused-ring (bicyclic) bond motifs is 18. The lowest BCUT2D eigenvalue weighted by Gasteiger charge is -2.17. The number of aromatic nitrogens is 2. The highest BCUT2D eigenvalue weighted by Gasteiger charge is 2.17. The minimum Gasteiger partial charge on any atom is -0.252 e. The van der Waals surface area contributed by atoms with E-state index in [2.05, 4.69) is 133 Å². The minimum atomic E-state index is 0.656. The normalized spacial score (nSPS) is 12.6. The molecule has 42 heavy (non-hydrogen) atoms. The molecule has 6 aromatic carbocycles. The van der Waals surface area contributed by atoms with Crippen molar-refractivity contribution in [2.75, 3.05) is 0 Å². The molecule has 2 heteroatoms. The Kier molecular flexibility index (Phi) is 5.06. The van der Waals surface area contributed by atoms with E-state index in [0.717, 1.165) is 40.3 Å². The Labute approximate surface area is 243 Å². The van der Waals surface area contributed by atoms with Crippen molar-refractivity contribution in [3.63, 3.8) is 0 Å². The second-order valence-corrected chi connectivity index (χ2v) is 11.4. The molecule has 1 aliphatic heterocycles. The van der Waals surface area contributed by atoms with Crippen molar-refractivity contribution >= 4 is 43.1 Å². The van der Waals surface area contributed by atoms with E-state index in [0.29, 0.717) is 6.42 Å². The first-order chi connectivity index (χ1) is 20.8. The van der Waals surface area contributed by atoms with E-state index < -0.39 is 0 Å². The molecule has 0 saturated heterocycles. The van der Waals surface area contributed by atoms with Crippen LogP contribution in [0.3, 0.4) is 0 Å². The van der Waals surface area contributed by atoms with Gasteiger partial charge in [-0.05, 0) is 86.3 Å². The van der Waals surface area contributed by atoms with E-state index in [-0.39, 0.29) is 0 Å². The Balaban J connectivity index is 1.43. The molecule has 0 N–H and O–H groups in total. The third-order valence-corrected chi connectivity index (χ3v) is 8.84. The van der Waals surface area contributed by atoms with E-state index in [1.165, 1.54) is 54.2 Å². The van der Waals surface area contributed by atoms with Gasteiger partial charge in [-0.2, -0.15) is 0 Å². The molecule has 3 heterocycles. The first-order valence-electron chi connectivity index (χ1n) is 14.6. The smallest absolute Gasteiger partial charge is 0.0712 e. The van der Waals surface area contributed by atoms with Crippen molar-refractivity contribution < 1.29 is 0 Å². The molecule has 0 saturated carbocycles. The fraction of sp³-hybridized carbons (Fsp3) is 0.0500. The highest BCUT2D eigenvalue weighted by molar-refractivity contribution is 5.96. The summed E-state index contributed by atoms with van der Waals surface area (Å²) >= 11 is 0. The summed E-state index contributed by atoms with van der Waals surface area (Å²) in [5.41, 5.74) is 9.06. The molecule has 2 aromatic heterocycles. The predicted molar refractivity (Wildman–Crippen MR) is 175 cm³/mol. The van der Waals surface area contributed by atoms with Crippen molar-refractivity contribution in [1.82, 2.24) is 9.97 Å². The zero-order valence-electron chi connectivity index (χ0n) is 23.0. The quantitative estimate of drug-likeness (QED) is 0.193. The van der Waals surface area contributed by atoms with Crippen molar-refractivity contribution in [3.05, 3.63) is 156 Å². The van der Waals surface area contributed by atoms with Crippen LogP contribution in [-0.2, 0) is 12.8 Å². The van der Waals surface area contributed by atoms with Gasteiger partial charge in [0.1, 0.15) is 0 Å². The van der Waals surface area contributed by atoms with Crippen LogP contribution in [-0.4, -0.2) is 9.97 Å². The zero-order valence-corrected chi connectivity index (χ0v) is 23.0. The Hall–Kier alpha value is -5.34. The maximum Gasteiger partial charge on any atom is 0.0712 e. The first kappa shape index (κ1) is 23.4. The average molecular weight is 535 g/mol. The molecule has 8 bridgehead atoms. The molecule has 0 amide bonds. The van der Waals surface area contributed by atoms with Crippen LogP contribution in [0.25, 0.3) is 65.6 Å². The lowest BCUT2D eigenvalue weighted by atomic mass is 9.90. The van der Waals surface area contributed by atoms with Gasteiger partial charge < -0.3 is 0 Å². The van der Waals surface area contributed by atoms with Gasteiger partial charge in [-0.1, -0.05) is 97.1 Å². The molecule has 196 valence electrons. The fourth-order valence-corrected chi connectivity index (χ4v) is 6.84. The number of rotatable bonds is 0. The van der Waals surface area contributed by atoms with Gasteiger partial charge in [-0.25, -0.2) is 0 Å². The summed E-state index contributed by atoms with van der Waals surface area (Å²) in [5, 5.41) is 9.83. The van der Waals surface area contributed by atoms with Crippen LogP contribution in [0.2, 0.25) is 0 Å². The van der Waals surface area contributed by atoms with E-state index in [1.54, 1.807) is 0 Å². The molecule has 1 aliphatic rings.